The summed E-state index contributed by atoms with van der Waals surface area (Å²) in [7, 11) is 0. The molecule has 0 aliphatic heterocycles. The molecule has 1 aliphatic rings. The number of nitrogens with one attached hydrogen (secondary N) is 1. The van der Waals surface area contributed by atoms with Crippen LogP contribution in [0.5, 0.6) is 0 Å². The van der Waals surface area contributed by atoms with Crippen LogP contribution in [0.15, 0.2) is 6.07 Å². The van der Waals surface area contributed by atoms with Crippen molar-refractivity contribution in [2.75, 3.05) is 0 Å². The number of amides is 1. The van der Waals surface area contributed by atoms with Gasteiger partial charge in [-0.05, 0) is 32.8 Å². The number of hydrogen-bond acceptors (Lipinski definition) is 4. The number of aryl methyl sites for hydroxylation is 2. The van der Waals surface area contributed by atoms with E-state index in [1.807, 2.05) is 0 Å². The maximum Gasteiger partial charge on any atom is 0.254 e. The van der Waals surface area contributed by atoms with Gasteiger partial charge in [0.25, 0.3) is 5.91 Å². The highest BCUT2D eigenvalue weighted by atomic mass is 16.1. The Kier molecular flexibility index (Phi) is 3.79. The summed E-state index contributed by atoms with van der Waals surface area (Å²) in [5.74, 6) is -0.223. The van der Waals surface area contributed by atoms with Crippen molar-refractivity contribution >= 4 is 5.91 Å². The first kappa shape index (κ1) is 13.5. The second-order valence-electron chi connectivity index (χ2n) is 5.19. The number of hydrogen-bond donors (Lipinski definition) is 1. The summed E-state index contributed by atoms with van der Waals surface area (Å²) in [6, 6.07) is 4.00. The molecule has 5 heteroatoms. The normalized spacial score (nSPS) is 17.5. The molecular weight excluding hydrogens is 240 g/mol. The van der Waals surface area contributed by atoms with Gasteiger partial charge in [0.2, 0.25) is 0 Å². The fourth-order valence-corrected chi connectivity index (χ4v) is 2.48. The Labute approximate surface area is 113 Å². The molecule has 0 aromatic carbocycles. The predicted octanol–water partition coefficient (Wildman–Crippen LogP) is 2.05. The van der Waals surface area contributed by atoms with Crippen LogP contribution in [-0.2, 0) is 0 Å². The number of carbonyl (C=O) groups is 1. The van der Waals surface area contributed by atoms with Crippen molar-refractivity contribution in [2.45, 2.75) is 51.5 Å². The third kappa shape index (κ3) is 2.90. The van der Waals surface area contributed by atoms with Crippen LogP contribution < -0.4 is 5.32 Å². The van der Waals surface area contributed by atoms with Gasteiger partial charge in [-0.3, -0.25) is 4.79 Å². The fraction of sp³-hybridized carbons (Fsp3) is 0.571. The minimum Gasteiger partial charge on any atom is -0.334 e. The molecule has 1 aliphatic carbocycles. The summed E-state index contributed by atoms with van der Waals surface area (Å²) < 4.78 is 0. The van der Waals surface area contributed by atoms with Crippen LogP contribution in [0.3, 0.4) is 0 Å². The highest BCUT2D eigenvalue weighted by molar-refractivity contribution is 5.96. The molecule has 5 nitrogen and oxygen atoms in total. The molecule has 1 aromatic heterocycles. The first-order chi connectivity index (χ1) is 9.06. The Morgan fingerprint density at radius 1 is 1.32 bits per heavy atom. The topological polar surface area (TPSA) is 78.7 Å². The molecule has 100 valence electrons. The van der Waals surface area contributed by atoms with E-state index in [-0.39, 0.29) is 5.91 Å². The highest BCUT2D eigenvalue weighted by Crippen LogP contribution is 2.28. The lowest BCUT2D eigenvalue weighted by Gasteiger charge is -2.31. The lowest BCUT2D eigenvalue weighted by Crippen LogP contribution is -2.48. The molecule has 2 rings (SSSR count). The number of rotatable bonds is 2. The van der Waals surface area contributed by atoms with E-state index >= 15 is 0 Å². The average Bonchev–Trinajstić information content (AvgIpc) is 2.42. The zero-order valence-corrected chi connectivity index (χ0v) is 11.4. The number of nitriles is 1. The number of nitrogens with zero attached hydrogens (tertiary/aromatic N) is 3. The second-order valence-corrected chi connectivity index (χ2v) is 5.19. The Hall–Kier alpha value is -1.96. The third-order valence-electron chi connectivity index (χ3n) is 3.62. The zero-order valence-electron chi connectivity index (χ0n) is 11.4. The van der Waals surface area contributed by atoms with Crippen LogP contribution in [-0.4, -0.2) is 21.6 Å². The fourth-order valence-electron chi connectivity index (χ4n) is 2.48. The summed E-state index contributed by atoms with van der Waals surface area (Å²) in [5, 5.41) is 20.1. The van der Waals surface area contributed by atoms with E-state index in [9.17, 15) is 10.1 Å². The first-order valence-electron chi connectivity index (χ1n) is 6.61. The van der Waals surface area contributed by atoms with Crippen LogP contribution in [0.1, 0.15) is 53.8 Å². The summed E-state index contributed by atoms with van der Waals surface area (Å²) in [6.45, 7) is 3.55. The lowest BCUT2D eigenvalue weighted by atomic mass is 9.82. The van der Waals surface area contributed by atoms with Gasteiger partial charge in [0, 0.05) is 0 Å². The highest BCUT2D eigenvalue weighted by Gasteiger charge is 2.34. The van der Waals surface area contributed by atoms with Crippen LogP contribution in [0, 0.1) is 25.2 Å². The van der Waals surface area contributed by atoms with E-state index < -0.39 is 5.54 Å². The maximum absolute atomic E-state index is 12.3. The van der Waals surface area contributed by atoms with Gasteiger partial charge in [0.15, 0.2) is 0 Å². The van der Waals surface area contributed by atoms with Crippen molar-refractivity contribution in [1.29, 1.82) is 5.26 Å². The van der Waals surface area contributed by atoms with Crippen molar-refractivity contribution in [3.8, 4) is 6.07 Å². The van der Waals surface area contributed by atoms with Crippen LogP contribution in [0.25, 0.3) is 0 Å². The van der Waals surface area contributed by atoms with Crippen molar-refractivity contribution < 1.29 is 4.79 Å². The van der Waals surface area contributed by atoms with Crippen LogP contribution in [0.4, 0.5) is 0 Å². The molecule has 19 heavy (non-hydrogen) atoms. The summed E-state index contributed by atoms with van der Waals surface area (Å²) in [4.78, 5) is 12.3. The molecule has 1 amide bonds. The van der Waals surface area contributed by atoms with E-state index in [2.05, 4.69) is 21.6 Å². The maximum atomic E-state index is 12.3. The molecule has 1 heterocycles. The monoisotopic (exact) mass is 258 g/mol. The van der Waals surface area contributed by atoms with E-state index in [1.165, 1.54) is 0 Å². The van der Waals surface area contributed by atoms with E-state index in [0.717, 1.165) is 32.1 Å². The molecule has 1 aromatic rings. The molecule has 0 unspecified atom stereocenters. The average molecular weight is 258 g/mol. The summed E-state index contributed by atoms with van der Waals surface area (Å²) in [6.07, 6.45) is 4.56. The van der Waals surface area contributed by atoms with Crippen molar-refractivity contribution in [2.24, 2.45) is 0 Å². The van der Waals surface area contributed by atoms with Gasteiger partial charge in [-0.25, -0.2) is 0 Å². The van der Waals surface area contributed by atoms with Crippen LogP contribution >= 0.6 is 0 Å². The zero-order chi connectivity index (χ0) is 13.9. The molecule has 0 atom stereocenters. The van der Waals surface area contributed by atoms with Crippen molar-refractivity contribution in [3.63, 3.8) is 0 Å². The summed E-state index contributed by atoms with van der Waals surface area (Å²) >= 11 is 0. The SMILES string of the molecule is Cc1cc(C(=O)NC2(C#N)CCCCC2)c(C)nn1. The van der Waals surface area contributed by atoms with E-state index in [4.69, 9.17) is 0 Å². The van der Waals surface area contributed by atoms with Gasteiger partial charge in [-0.15, -0.1) is 0 Å². The van der Waals surface area contributed by atoms with Gasteiger partial charge in [0.05, 0.1) is 23.0 Å². The summed E-state index contributed by atoms with van der Waals surface area (Å²) in [5.41, 5.74) is 1.09. The smallest absolute Gasteiger partial charge is 0.254 e. The Bertz CT molecular complexity index is 527. The molecule has 0 bridgehead atoms. The molecule has 0 radical (unpaired) electrons. The van der Waals surface area contributed by atoms with Gasteiger partial charge in [-0.1, -0.05) is 19.3 Å². The van der Waals surface area contributed by atoms with E-state index in [0.29, 0.717) is 17.0 Å². The minimum atomic E-state index is -0.709. The van der Waals surface area contributed by atoms with Crippen LogP contribution in [0.2, 0.25) is 0 Å². The van der Waals surface area contributed by atoms with E-state index in [1.54, 1.807) is 19.9 Å². The van der Waals surface area contributed by atoms with Gasteiger partial charge >= 0.3 is 0 Å². The third-order valence-corrected chi connectivity index (χ3v) is 3.62. The van der Waals surface area contributed by atoms with Gasteiger partial charge in [-0.2, -0.15) is 15.5 Å². The van der Waals surface area contributed by atoms with Crippen molar-refractivity contribution in [3.05, 3.63) is 23.0 Å². The number of aromatic nitrogens is 2. The predicted molar refractivity (Wildman–Crippen MR) is 70.4 cm³/mol. The largest absolute Gasteiger partial charge is 0.334 e. The van der Waals surface area contributed by atoms with Gasteiger partial charge < -0.3 is 5.32 Å². The standard InChI is InChI=1S/C14H18N4O/c1-10-8-12(11(2)18-17-10)13(19)16-14(9-15)6-4-3-5-7-14/h8H,3-7H2,1-2H3,(H,16,19). The lowest BCUT2D eigenvalue weighted by molar-refractivity contribution is 0.0901. The Morgan fingerprint density at radius 3 is 2.63 bits per heavy atom. The molecule has 0 spiro atoms. The molecule has 1 saturated carbocycles. The van der Waals surface area contributed by atoms with Gasteiger partial charge in [0.1, 0.15) is 5.54 Å². The van der Waals surface area contributed by atoms with Crippen molar-refractivity contribution in [1.82, 2.24) is 15.5 Å². The first-order valence-corrected chi connectivity index (χ1v) is 6.61. The Balaban J connectivity index is 2.20. The molecule has 1 fully saturated rings. The molecular formula is C14H18N4O. The molecule has 1 N–H and O–H groups in total. The quantitative estimate of drug-likeness (QED) is 0.880. The molecule has 0 saturated heterocycles. The number of carbonyl (C=O) groups excluding carboxylic acids is 1. The second kappa shape index (κ2) is 5.35. The minimum absolute atomic E-state index is 0.223. The Morgan fingerprint density at radius 2 is 2.00 bits per heavy atom.